The van der Waals surface area contributed by atoms with Crippen LogP contribution in [0.2, 0.25) is 0 Å². The molecule has 0 aliphatic heterocycles. The number of rotatable bonds is 7. The van der Waals surface area contributed by atoms with Crippen LogP contribution in [0.1, 0.15) is 43.5 Å². The van der Waals surface area contributed by atoms with Crippen LogP contribution in [0.3, 0.4) is 0 Å². The summed E-state index contributed by atoms with van der Waals surface area (Å²) in [6.07, 6.45) is 3.07. The van der Waals surface area contributed by atoms with E-state index in [1.165, 1.54) is 0 Å². The second-order valence-corrected chi connectivity index (χ2v) is 3.96. The van der Waals surface area contributed by atoms with Crippen molar-refractivity contribution in [1.29, 1.82) is 0 Å². The van der Waals surface area contributed by atoms with E-state index in [2.05, 4.69) is 12.2 Å². The van der Waals surface area contributed by atoms with Crippen LogP contribution in [-0.4, -0.2) is 19.1 Å². The van der Waals surface area contributed by atoms with Crippen molar-refractivity contribution in [3.8, 4) is 0 Å². The maximum absolute atomic E-state index is 11.8. The minimum Gasteiger partial charge on any atom is -0.462 e. The fourth-order valence-electron chi connectivity index (χ4n) is 1.49. The molecule has 94 valence electrons. The molecule has 0 aliphatic carbocycles. The van der Waals surface area contributed by atoms with E-state index in [0.717, 1.165) is 31.5 Å². The number of para-hydroxylation sites is 1. The van der Waals surface area contributed by atoms with Gasteiger partial charge in [-0.25, -0.2) is 4.79 Å². The Hall–Kier alpha value is -1.51. The highest BCUT2D eigenvalue weighted by Crippen LogP contribution is 2.16. The van der Waals surface area contributed by atoms with Crippen molar-refractivity contribution in [3.05, 3.63) is 29.8 Å². The Morgan fingerprint density at radius 1 is 1.24 bits per heavy atom. The number of anilines is 1. The molecule has 0 unspecified atom stereocenters. The van der Waals surface area contributed by atoms with Crippen LogP contribution in [-0.2, 0) is 4.74 Å². The van der Waals surface area contributed by atoms with Gasteiger partial charge in [0.05, 0.1) is 12.2 Å². The molecular formula is C14H21NO2. The van der Waals surface area contributed by atoms with Crippen LogP contribution in [0.4, 0.5) is 5.69 Å². The molecule has 0 fully saturated rings. The third-order valence-electron chi connectivity index (χ3n) is 2.43. The summed E-state index contributed by atoms with van der Waals surface area (Å²) in [5, 5.41) is 3.27. The van der Waals surface area contributed by atoms with Crippen LogP contribution in [0.15, 0.2) is 24.3 Å². The molecule has 0 aliphatic rings. The van der Waals surface area contributed by atoms with E-state index < -0.39 is 0 Å². The number of esters is 1. The van der Waals surface area contributed by atoms with Gasteiger partial charge in [-0.2, -0.15) is 0 Å². The van der Waals surface area contributed by atoms with E-state index in [1.54, 1.807) is 6.07 Å². The van der Waals surface area contributed by atoms with E-state index in [4.69, 9.17) is 4.74 Å². The van der Waals surface area contributed by atoms with Crippen molar-refractivity contribution < 1.29 is 9.53 Å². The fraction of sp³-hybridized carbons (Fsp3) is 0.500. The third-order valence-corrected chi connectivity index (χ3v) is 2.43. The van der Waals surface area contributed by atoms with Gasteiger partial charge in [-0.3, -0.25) is 0 Å². The van der Waals surface area contributed by atoms with Crippen molar-refractivity contribution in [2.45, 2.75) is 33.1 Å². The van der Waals surface area contributed by atoms with E-state index in [-0.39, 0.29) is 5.97 Å². The Morgan fingerprint density at radius 3 is 2.71 bits per heavy atom. The summed E-state index contributed by atoms with van der Waals surface area (Å²) >= 11 is 0. The first-order valence-electron chi connectivity index (χ1n) is 6.29. The number of unbranched alkanes of at least 4 members (excludes halogenated alkanes) is 1. The summed E-state index contributed by atoms with van der Waals surface area (Å²) < 4.78 is 5.15. The van der Waals surface area contributed by atoms with E-state index in [0.29, 0.717) is 12.2 Å². The maximum atomic E-state index is 11.8. The molecule has 0 saturated heterocycles. The lowest BCUT2D eigenvalue weighted by Gasteiger charge is -2.10. The number of hydrogen-bond acceptors (Lipinski definition) is 3. The topological polar surface area (TPSA) is 38.3 Å². The van der Waals surface area contributed by atoms with Gasteiger partial charge in [0.15, 0.2) is 0 Å². The van der Waals surface area contributed by atoms with Crippen LogP contribution < -0.4 is 5.32 Å². The lowest BCUT2D eigenvalue weighted by atomic mass is 10.1. The second-order valence-electron chi connectivity index (χ2n) is 3.96. The largest absolute Gasteiger partial charge is 0.462 e. The summed E-state index contributed by atoms with van der Waals surface area (Å²) in [7, 11) is 0. The first kappa shape index (κ1) is 13.6. The Kier molecular flexibility index (Phi) is 6.15. The van der Waals surface area contributed by atoms with Crippen molar-refractivity contribution in [2.75, 3.05) is 18.5 Å². The SMILES string of the molecule is CCCCNc1ccccc1C(=O)OCCC. The predicted molar refractivity (Wildman–Crippen MR) is 70.4 cm³/mol. The molecule has 0 radical (unpaired) electrons. The van der Waals surface area contributed by atoms with Crippen LogP contribution in [0.5, 0.6) is 0 Å². The van der Waals surface area contributed by atoms with Gasteiger partial charge in [0.1, 0.15) is 0 Å². The van der Waals surface area contributed by atoms with Gasteiger partial charge in [0, 0.05) is 12.2 Å². The number of hydrogen-bond donors (Lipinski definition) is 1. The number of carbonyl (C=O) groups excluding carboxylic acids is 1. The first-order chi connectivity index (χ1) is 8.29. The van der Waals surface area contributed by atoms with Crippen LogP contribution >= 0.6 is 0 Å². The quantitative estimate of drug-likeness (QED) is 0.581. The normalized spacial score (nSPS) is 10.0. The summed E-state index contributed by atoms with van der Waals surface area (Å²) in [5.41, 5.74) is 1.49. The summed E-state index contributed by atoms with van der Waals surface area (Å²) in [4.78, 5) is 11.8. The minimum atomic E-state index is -0.244. The Morgan fingerprint density at radius 2 is 2.00 bits per heavy atom. The maximum Gasteiger partial charge on any atom is 0.340 e. The highest BCUT2D eigenvalue weighted by molar-refractivity contribution is 5.95. The lowest BCUT2D eigenvalue weighted by molar-refractivity contribution is 0.0506. The van der Waals surface area contributed by atoms with Gasteiger partial charge in [-0.05, 0) is 25.0 Å². The Labute approximate surface area is 103 Å². The second kappa shape index (κ2) is 7.71. The van der Waals surface area contributed by atoms with E-state index in [1.807, 2.05) is 25.1 Å². The van der Waals surface area contributed by atoms with E-state index >= 15 is 0 Å². The molecule has 0 heterocycles. The molecule has 1 rings (SSSR count). The summed E-state index contributed by atoms with van der Waals surface area (Å²) in [5.74, 6) is -0.244. The van der Waals surface area contributed by atoms with E-state index in [9.17, 15) is 4.79 Å². The minimum absolute atomic E-state index is 0.244. The molecule has 3 nitrogen and oxygen atoms in total. The zero-order valence-corrected chi connectivity index (χ0v) is 10.7. The number of carbonyl (C=O) groups is 1. The van der Waals surface area contributed by atoms with Crippen LogP contribution in [0, 0.1) is 0 Å². The third kappa shape index (κ3) is 4.47. The number of nitrogens with one attached hydrogen (secondary N) is 1. The zero-order chi connectivity index (χ0) is 12.5. The average Bonchev–Trinajstić information content (AvgIpc) is 2.37. The number of ether oxygens (including phenoxy) is 1. The Bertz CT molecular complexity index is 350. The molecule has 17 heavy (non-hydrogen) atoms. The van der Waals surface area contributed by atoms with Crippen molar-refractivity contribution >= 4 is 11.7 Å². The van der Waals surface area contributed by atoms with Crippen molar-refractivity contribution in [3.63, 3.8) is 0 Å². The van der Waals surface area contributed by atoms with Gasteiger partial charge < -0.3 is 10.1 Å². The molecule has 0 saturated carbocycles. The van der Waals surface area contributed by atoms with Crippen molar-refractivity contribution in [1.82, 2.24) is 0 Å². The highest BCUT2D eigenvalue weighted by Gasteiger charge is 2.11. The number of benzene rings is 1. The molecule has 0 spiro atoms. The predicted octanol–water partition coefficient (Wildman–Crippen LogP) is 3.47. The van der Waals surface area contributed by atoms with Gasteiger partial charge >= 0.3 is 5.97 Å². The van der Waals surface area contributed by atoms with Gasteiger partial charge in [-0.15, -0.1) is 0 Å². The standard InChI is InChI=1S/C14H21NO2/c1-3-5-10-15-13-9-7-6-8-12(13)14(16)17-11-4-2/h6-9,15H,3-5,10-11H2,1-2H3. The lowest BCUT2D eigenvalue weighted by Crippen LogP contribution is -2.11. The van der Waals surface area contributed by atoms with Gasteiger partial charge in [-0.1, -0.05) is 32.4 Å². The summed E-state index contributed by atoms with van der Waals surface area (Å²) in [6.45, 7) is 5.48. The molecular weight excluding hydrogens is 214 g/mol. The van der Waals surface area contributed by atoms with Gasteiger partial charge in [0.2, 0.25) is 0 Å². The fourth-order valence-corrected chi connectivity index (χ4v) is 1.49. The first-order valence-corrected chi connectivity index (χ1v) is 6.29. The average molecular weight is 235 g/mol. The molecule has 0 amide bonds. The molecule has 1 aromatic carbocycles. The zero-order valence-electron chi connectivity index (χ0n) is 10.7. The summed E-state index contributed by atoms with van der Waals surface area (Å²) in [6, 6.07) is 7.49. The van der Waals surface area contributed by atoms with Crippen LogP contribution in [0.25, 0.3) is 0 Å². The molecule has 0 atom stereocenters. The monoisotopic (exact) mass is 235 g/mol. The van der Waals surface area contributed by atoms with Gasteiger partial charge in [0.25, 0.3) is 0 Å². The molecule has 0 bridgehead atoms. The van der Waals surface area contributed by atoms with Crippen molar-refractivity contribution in [2.24, 2.45) is 0 Å². The molecule has 1 N–H and O–H groups in total. The molecule has 3 heteroatoms. The molecule has 1 aromatic rings. The Balaban J connectivity index is 2.66. The molecule has 0 aromatic heterocycles. The highest BCUT2D eigenvalue weighted by atomic mass is 16.5. The smallest absolute Gasteiger partial charge is 0.340 e.